The Kier molecular flexibility index (Phi) is 7.04. The Morgan fingerprint density at radius 2 is 1.63 bits per heavy atom. The van der Waals surface area contributed by atoms with E-state index in [1.165, 1.54) is 44.6 Å². The van der Waals surface area contributed by atoms with Gasteiger partial charge >= 0.3 is 11.9 Å². The van der Waals surface area contributed by atoms with Crippen LogP contribution in [0, 0.1) is 0 Å². The van der Waals surface area contributed by atoms with E-state index in [2.05, 4.69) is 14.8 Å². The molecule has 2 aromatic rings. The van der Waals surface area contributed by atoms with Crippen molar-refractivity contribution in [3.8, 4) is 5.75 Å². The lowest BCUT2D eigenvalue weighted by atomic mass is 10.1. The van der Waals surface area contributed by atoms with Crippen LogP contribution in [0.15, 0.2) is 36.4 Å². The molecule has 0 aliphatic carbocycles. The van der Waals surface area contributed by atoms with Crippen molar-refractivity contribution in [2.75, 3.05) is 26.1 Å². The first kappa shape index (κ1) is 20.5. The first-order chi connectivity index (χ1) is 12.8. The number of hydrogen-bond donors (Lipinski definition) is 1. The first-order valence-electron chi connectivity index (χ1n) is 7.54. The molecule has 0 bridgehead atoms. The van der Waals surface area contributed by atoms with Gasteiger partial charge in [-0.05, 0) is 30.3 Å². The average Bonchev–Trinajstić information content (AvgIpc) is 2.67. The molecule has 0 heterocycles. The van der Waals surface area contributed by atoms with Gasteiger partial charge in [0.05, 0.1) is 41.1 Å². The zero-order chi connectivity index (χ0) is 20.0. The van der Waals surface area contributed by atoms with Gasteiger partial charge in [-0.3, -0.25) is 4.79 Å². The quantitative estimate of drug-likeness (QED) is 0.730. The fraction of sp³-hybridized carbons (Fsp3) is 0.167. The van der Waals surface area contributed by atoms with E-state index in [0.717, 1.165) is 0 Å². The number of methoxy groups -OCH3 is 2. The van der Waals surface area contributed by atoms with Crippen LogP contribution in [0.2, 0.25) is 10.0 Å². The van der Waals surface area contributed by atoms with Gasteiger partial charge < -0.3 is 19.5 Å². The molecular weight excluding hydrogens is 397 g/mol. The van der Waals surface area contributed by atoms with Crippen LogP contribution >= 0.6 is 23.2 Å². The third kappa shape index (κ3) is 5.35. The van der Waals surface area contributed by atoms with Crippen molar-refractivity contribution < 1.29 is 28.6 Å². The largest absolute Gasteiger partial charge is 0.484 e. The topological polar surface area (TPSA) is 90.9 Å². The molecule has 142 valence electrons. The van der Waals surface area contributed by atoms with E-state index in [9.17, 15) is 14.4 Å². The lowest BCUT2D eigenvalue weighted by Crippen LogP contribution is -2.22. The van der Waals surface area contributed by atoms with E-state index in [0.29, 0.717) is 10.8 Å². The minimum absolute atomic E-state index is 0.0769. The number of carbonyl (C=O) groups excluding carboxylic acids is 3. The normalized spacial score (nSPS) is 10.1. The van der Waals surface area contributed by atoms with E-state index in [1.54, 1.807) is 6.07 Å². The zero-order valence-corrected chi connectivity index (χ0v) is 15.9. The van der Waals surface area contributed by atoms with Gasteiger partial charge in [-0.15, -0.1) is 0 Å². The molecule has 0 spiro atoms. The van der Waals surface area contributed by atoms with Crippen molar-refractivity contribution in [3.05, 3.63) is 57.6 Å². The van der Waals surface area contributed by atoms with E-state index in [1.807, 2.05) is 0 Å². The van der Waals surface area contributed by atoms with Crippen molar-refractivity contribution >= 4 is 46.7 Å². The molecule has 7 nitrogen and oxygen atoms in total. The van der Waals surface area contributed by atoms with Gasteiger partial charge in [-0.25, -0.2) is 9.59 Å². The fourth-order valence-electron chi connectivity index (χ4n) is 2.08. The summed E-state index contributed by atoms with van der Waals surface area (Å²) in [5, 5.41) is 3.15. The highest BCUT2D eigenvalue weighted by molar-refractivity contribution is 6.42. The van der Waals surface area contributed by atoms with Crippen molar-refractivity contribution in [3.63, 3.8) is 0 Å². The number of benzene rings is 2. The molecule has 1 N–H and O–H groups in total. The Bertz CT molecular complexity index is 884. The number of ether oxygens (including phenoxy) is 3. The van der Waals surface area contributed by atoms with Crippen molar-refractivity contribution in [2.24, 2.45) is 0 Å². The maximum Gasteiger partial charge on any atom is 0.339 e. The zero-order valence-electron chi connectivity index (χ0n) is 14.4. The molecule has 0 saturated heterocycles. The Hall–Kier alpha value is -2.77. The summed E-state index contributed by atoms with van der Waals surface area (Å²) in [5.41, 5.74) is 0.325. The average molecular weight is 412 g/mol. The molecular formula is C18H15Cl2NO6. The number of esters is 2. The molecule has 0 atom stereocenters. The third-order valence-electron chi connectivity index (χ3n) is 3.38. The number of anilines is 1. The van der Waals surface area contributed by atoms with Gasteiger partial charge in [-0.2, -0.15) is 0 Å². The summed E-state index contributed by atoms with van der Waals surface area (Å²) in [5.74, 6) is -1.51. The van der Waals surface area contributed by atoms with Crippen molar-refractivity contribution in [1.29, 1.82) is 0 Å². The molecule has 0 aliphatic rings. The highest BCUT2D eigenvalue weighted by Crippen LogP contribution is 2.26. The standard InChI is InChI=1S/C18H15Cl2NO6/c1-25-17(23)10-3-5-12(18(24)26-2)15(7-10)21-16(22)9-27-11-4-6-13(19)14(20)8-11/h3-8H,9H2,1-2H3,(H,21,22). The highest BCUT2D eigenvalue weighted by atomic mass is 35.5. The summed E-state index contributed by atoms with van der Waals surface area (Å²) in [6.07, 6.45) is 0. The molecule has 0 unspecified atom stereocenters. The monoisotopic (exact) mass is 411 g/mol. The van der Waals surface area contributed by atoms with Crippen LogP contribution in [-0.4, -0.2) is 38.7 Å². The number of halogens is 2. The lowest BCUT2D eigenvalue weighted by Gasteiger charge is -2.12. The Balaban J connectivity index is 2.15. The van der Waals surface area contributed by atoms with Crippen molar-refractivity contribution in [2.45, 2.75) is 0 Å². The van der Waals surface area contributed by atoms with Gasteiger partial charge in [0.2, 0.25) is 0 Å². The summed E-state index contributed by atoms with van der Waals surface area (Å²) < 4.78 is 14.6. The van der Waals surface area contributed by atoms with Crippen LogP contribution in [0.4, 0.5) is 5.69 Å². The van der Waals surface area contributed by atoms with Crippen molar-refractivity contribution in [1.82, 2.24) is 0 Å². The smallest absolute Gasteiger partial charge is 0.339 e. The molecule has 0 saturated carbocycles. The van der Waals surface area contributed by atoms with Crippen LogP contribution in [0.1, 0.15) is 20.7 Å². The van der Waals surface area contributed by atoms with Gasteiger partial charge in [0.15, 0.2) is 6.61 Å². The highest BCUT2D eigenvalue weighted by Gasteiger charge is 2.17. The fourth-order valence-corrected chi connectivity index (χ4v) is 2.37. The number of carbonyl (C=O) groups is 3. The predicted octanol–water partition coefficient (Wildman–Crippen LogP) is 3.58. The molecule has 0 fully saturated rings. The van der Waals surface area contributed by atoms with E-state index in [-0.39, 0.29) is 28.4 Å². The SMILES string of the molecule is COC(=O)c1ccc(C(=O)OC)c(NC(=O)COc2ccc(Cl)c(Cl)c2)c1. The minimum Gasteiger partial charge on any atom is -0.484 e. The van der Waals surface area contributed by atoms with Gasteiger partial charge in [0.1, 0.15) is 5.75 Å². The van der Waals surface area contributed by atoms with E-state index < -0.39 is 17.8 Å². The molecule has 0 aromatic heterocycles. The lowest BCUT2D eigenvalue weighted by molar-refractivity contribution is -0.118. The summed E-state index contributed by atoms with van der Waals surface area (Å²) in [6, 6.07) is 8.61. The molecule has 9 heteroatoms. The molecule has 0 aliphatic heterocycles. The number of rotatable bonds is 6. The molecule has 0 radical (unpaired) electrons. The van der Waals surface area contributed by atoms with Crippen LogP contribution in [-0.2, 0) is 14.3 Å². The first-order valence-corrected chi connectivity index (χ1v) is 8.29. The Morgan fingerprint density at radius 1 is 0.926 bits per heavy atom. The second-order valence-electron chi connectivity index (χ2n) is 5.16. The number of amides is 1. The van der Waals surface area contributed by atoms with Gasteiger partial charge in [0.25, 0.3) is 5.91 Å². The van der Waals surface area contributed by atoms with E-state index >= 15 is 0 Å². The number of nitrogens with one attached hydrogen (secondary N) is 1. The van der Waals surface area contributed by atoms with Gasteiger partial charge in [-0.1, -0.05) is 23.2 Å². The van der Waals surface area contributed by atoms with Crippen LogP contribution < -0.4 is 10.1 Å². The summed E-state index contributed by atoms with van der Waals surface area (Å²) in [7, 11) is 2.43. The summed E-state index contributed by atoms with van der Waals surface area (Å²) >= 11 is 11.7. The Labute approximate surface area is 165 Å². The summed E-state index contributed by atoms with van der Waals surface area (Å²) in [6.45, 7) is -0.360. The second kappa shape index (κ2) is 9.25. The maximum atomic E-state index is 12.2. The van der Waals surface area contributed by atoms with Crippen LogP contribution in [0.25, 0.3) is 0 Å². The molecule has 1 amide bonds. The number of hydrogen-bond acceptors (Lipinski definition) is 6. The van der Waals surface area contributed by atoms with E-state index in [4.69, 9.17) is 27.9 Å². The Morgan fingerprint density at radius 3 is 2.26 bits per heavy atom. The minimum atomic E-state index is -0.674. The molecule has 27 heavy (non-hydrogen) atoms. The second-order valence-corrected chi connectivity index (χ2v) is 5.97. The molecule has 2 aromatic carbocycles. The maximum absolute atomic E-state index is 12.2. The molecule has 2 rings (SSSR count). The van der Waals surface area contributed by atoms with Crippen LogP contribution in [0.3, 0.4) is 0 Å². The van der Waals surface area contributed by atoms with Crippen LogP contribution in [0.5, 0.6) is 5.75 Å². The van der Waals surface area contributed by atoms with Gasteiger partial charge in [0, 0.05) is 6.07 Å². The summed E-state index contributed by atoms with van der Waals surface area (Å²) in [4.78, 5) is 35.7. The predicted molar refractivity (Wildman–Crippen MR) is 99.7 cm³/mol. The third-order valence-corrected chi connectivity index (χ3v) is 4.12.